The SMILES string of the molecule is CC(C)(C)c1nc(CNCCO)cs1. The Balaban J connectivity index is 2.51. The largest absolute Gasteiger partial charge is 0.395 e. The van der Waals surface area contributed by atoms with Crippen molar-refractivity contribution in [2.75, 3.05) is 13.2 Å². The highest BCUT2D eigenvalue weighted by Crippen LogP contribution is 2.25. The van der Waals surface area contributed by atoms with Crippen molar-refractivity contribution >= 4 is 11.3 Å². The van der Waals surface area contributed by atoms with E-state index in [0.29, 0.717) is 6.54 Å². The van der Waals surface area contributed by atoms with Crippen LogP contribution in [0.5, 0.6) is 0 Å². The van der Waals surface area contributed by atoms with E-state index in [2.05, 4.69) is 36.5 Å². The van der Waals surface area contributed by atoms with E-state index in [1.54, 1.807) is 11.3 Å². The topological polar surface area (TPSA) is 45.2 Å². The maximum atomic E-state index is 8.60. The summed E-state index contributed by atoms with van der Waals surface area (Å²) in [5.41, 5.74) is 1.20. The Kier molecular flexibility index (Phi) is 4.04. The first kappa shape index (κ1) is 11.6. The summed E-state index contributed by atoms with van der Waals surface area (Å²) in [7, 11) is 0. The number of aromatic nitrogens is 1. The fourth-order valence-corrected chi connectivity index (χ4v) is 1.94. The van der Waals surface area contributed by atoms with E-state index in [4.69, 9.17) is 5.11 Å². The zero-order valence-electron chi connectivity index (χ0n) is 9.00. The Morgan fingerprint density at radius 3 is 2.71 bits per heavy atom. The Morgan fingerprint density at radius 1 is 1.50 bits per heavy atom. The normalized spacial score (nSPS) is 12.0. The Labute approximate surface area is 89.2 Å². The predicted octanol–water partition coefficient (Wildman–Crippen LogP) is 1.52. The van der Waals surface area contributed by atoms with Crippen LogP contribution in [0.2, 0.25) is 0 Å². The molecule has 3 nitrogen and oxygen atoms in total. The molecule has 0 radical (unpaired) electrons. The lowest BCUT2D eigenvalue weighted by molar-refractivity contribution is 0.291. The average Bonchev–Trinajstić information content (AvgIpc) is 2.52. The predicted molar refractivity (Wildman–Crippen MR) is 59.6 cm³/mol. The summed E-state index contributed by atoms with van der Waals surface area (Å²) in [6.45, 7) is 8.04. The van der Waals surface area contributed by atoms with Crippen LogP contribution in [-0.2, 0) is 12.0 Å². The number of rotatable bonds is 4. The maximum Gasteiger partial charge on any atom is 0.0982 e. The van der Waals surface area contributed by atoms with Gasteiger partial charge in [0.1, 0.15) is 0 Å². The summed E-state index contributed by atoms with van der Waals surface area (Å²) < 4.78 is 0. The molecule has 0 aliphatic carbocycles. The van der Waals surface area contributed by atoms with Gasteiger partial charge in [0.2, 0.25) is 0 Å². The lowest BCUT2D eigenvalue weighted by Crippen LogP contribution is -2.18. The highest BCUT2D eigenvalue weighted by atomic mass is 32.1. The average molecular weight is 214 g/mol. The molecule has 80 valence electrons. The van der Waals surface area contributed by atoms with Gasteiger partial charge in [-0.1, -0.05) is 20.8 Å². The molecular formula is C10H18N2OS. The smallest absolute Gasteiger partial charge is 0.0982 e. The van der Waals surface area contributed by atoms with Gasteiger partial charge in [-0.2, -0.15) is 0 Å². The fraction of sp³-hybridized carbons (Fsp3) is 0.700. The number of aliphatic hydroxyl groups is 1. The van der Waals surface area contributed by atoms with Crippen molar-refractivity contribution in [2.24, 2.45) is 0 Å². The molecule has 0 aromatic carbocycles. The van der Waals surface area contributed by atoms with Crippen molar-refractivity contribution < 1.29 is 5.11 Å². The third-order valence-electron chi connectivity index (χ3n) is 1.79. The molecule has 0 bridgehead atoms. The highest BCUT2D eigenvalue weighted by molar-refractivity contribution is 7.09. The minimum absolute atomic E-state index is 0.139. The summed E-state index contributed by atoms with van der Waals surface area (Å²) in [5.74, 6) is 0. The molecular weight excluding hydrogens is 196 g/mol. The van der Waals surface area contributed by atoms with Crippen LogP contribution >= 0.6 is 11.3 Å². The van der Waals surface area contributed by atoms with E-state index in [1.807, 2.05) is 0 Å². The summed E-state index contributed by atoms with van der Waals surface area (Å²) in [6, 6.07) is 0. The first-order valence-electron chi connectivity index (χ1n) is 4.80. The van der Waals surface area contributed by atoms with Crippen molar-refractivity contribution in [1.82, 2.24) is 10.3 Å². The second kappa shape index (κ2) is 4.87. The summed E-state index contributed by atoms with van der Waals surface area (Å²) in [6.07, 6.45) is 0. The van der Waals surface area contributed by atoms with Gasteiger partial charge in [0.15, 0.2) is 0 Å². The molecule has 0 unspecified atom stereocenters. The van der Waals surface area contributed by atoms with Crippen LogP contribution in [0.15, 0.2) is 5.38 Å². The van der Waals surface area contributed by atoms with Crippen LogP contribution in [-0.4, -0.2) is 23.2 Å². The third-order valence-corrected chi connectivity index (χ3v) is 3.10. The molecule has 2 N–H and O–H groups in total. The van der Waals surface area contributed by atoms with Crippen molar-refractivity contribution in [3.8, 4) is 0 Å². The van der Waals surface area contributed by atoms with E-state index in [0.717, 1.165) is 12.2 Å². The molecule has 0 aliphatic heterocycles. The van der Waals surface area contributed by atoms with Gasteiger partial charge in [0, 0.05) is 23.9 Å². The van der Waals surface area contributed by atoms with Gasteiger partial charge in [-0.25, -0.2) is 4.98 Å². The summed E-state index contributed by atoms with van der Waals surface area (Å²) in [4.78, 5) is 4.53. The van der Waals surface area contributed by atoms with E-state index in [9.17, 15) is 0 Å². The number of nitrogens with zero attached hydrogens (tertiary/aromatic N) is 1. The molecule has 0 atom stereocenters. The number of nitrogens with one attached hydrogen (secondary N) is 1. The lowest BCUT2D eigenvalue weighted by atomic mass is 9.98. The molecule has 0 fully saturated rings. The van der Waals surface area contributed by atoms with Crippen molar-refractivity contribution in [2.45, 2.75) is 32.7 Å². The second-order valence-electron chi connectivity index (χ2n) is 4.29. The third kappa shape index (κ3) is 3.36. The van der Waals surface area contributed by atoms with Crippen LogP contribution in [0.3, 0.4) is 0 Å². The molecule has 0 spiro atoms. The molecule has 0 saturated heterocycles. The van der Waals surface area contributed by atoms with Gasteiger partial charge in [0.05, 0.1) is 17.3 Å². The monoisotopic (exact) mass is 214 g/mol. The van der Waals surface area contributed by atoms with E-state index in [-0.39, 0.29) is 12.0 Å². The first-order chi connectivity index (χ1) is 6.54. The molecule has 1 aromatic rings. The molecule has 0 saturated carbocycles. The van der Waals surface area contributed by atoms with Crippen molar-refractivity contribution in [3.05, 3.63) is 16.1 Å². The minimum Gasteiger partial charge on any atom is -0.395 e. The standard InChI is InChI=1S/C10H18N2OS/c1-10(2,3)9-12-8(7-14-9)6-11-4-5-13/h7,11,13H,4-6H2,1-3H3. The molecule has 0 amide bonds. The highest BCUT2D eigenvalue weighted by Gasteiger charge is 2.17. The van der Waals surface area contributed by atoms with E-state index < -0.39 is 0 Å². The second-order valence-corrected chi connectivity index (χ2v) is 5.15. The Bertz CT molecular complexity index is 278. The quantitative estimate of drug-likeness (QED) is 0.747. The number of thiazole rings is 1. The summed E-state index contributed by atoms with van der Waals surface area (Å²) >= 11 is 1.70. The molecule has 14 heavy (non-hydrogen) atoms. The molecule has 4 heteroatoms. The lowest BCUT2D eigenvalue weighted by Gasteiger charge is -2.13. The van der Waals surface area contributed by atoms with Gasteiger partial charge in [-0.3, -0.25) is 0 Å². The Morgan fingerprint density at radius 2 is 2.21 bits per heavy atom. The molecule has 1 rings (SSSR count). The van der Waals surface area contributed by atoms with Gasteiger partial charge in [-0.05, 0) is 0 Å². The van der Waals surface area contributed by atoms with Crippen LogP contribution < -0.4 is 5.32 Å². The number of hydrogen-bond donors (Lipinski definition) is 2. The van der Waals surface area contributed by atoms with E-state index >= 15 is 0 Å². The van der Waals surface area contributed by atoms with Crippen molar-refractivity contribution in [1.29, 1.82) is 0 Å². The fourth-order valence-electron chi connectivity index (χ4n) is 1.03. The van der Waals surface area contributed by atoms with Gasteiger partial charge < -0.3 is 10.4 Å². The summed E-state index contributed by atoms with van der Waals surface area (Å²) in [5, 5.41) is 14.9. The van der Waals surface area contributed by atoms with Gasteiger partial charge in [-0.15, -0.1) is 11.3 Å². The number of hydrogen-bond acceptors (Lipinski definition) is 4. The maximum absolute atomic E-state index is 8.60. The van der Waals surface area contributed by atoms with Crippen LogP contribution in [0.25, 0.3) is 0 Å². The van der Waals surface area contributed by atoms with Crippen molar-refractivity contribution in [3.63, 3.8) is 0 Å². The number of aliphatic hydroxyl groups excluding tert-OH is 1. The Hall–Kier alpha value is -0.450. The zero-order chi connectivity index (χ0) is 10.6. The molecule has 1 heterocycles. The zero-order valence-corrected chi connectivity index (χ0v) is 9.82. The minimum atomic E-state index is 0.139. The first-order valence-corrected chi connectivity index (χ1v) is 5.68. The van der Waals surface area contributed by atoms with Crippen LogP contribution in [0.1, 0.15) is 31.5 Å². The van der Waals surface area contributed by atoms with Gasteiger partial charge >= 0.3 is 0 Å². The van der Waals surface area contributed by atoms with Crippen LogP contribution in [0.4, 0.5) is 0 Å². The van der Waals surface area contributed by atoms with E-state index in [1.165, 1.54) is 5.01 Å². The van der Waals surface area contributed by atoms with Crippen LogP contribution in [0, 0.1) is 0 Å². The van der Waals surface area contributed by atoms with Gasteiger partial charge in [0.25, 0.3) is 0 Å². The molecule has 1 aromatic heterocycles. The molecule has 0 aliphatic rings.